The highest BCUT2D eigenvalue weighted by atomic mass is 19.1. The Bertz CT molecular complexity index is 513. The normalized spacial score (nSPS) is 25.5. The second-order valence-corrected chi connectivity index (χ2v) is 5.81. The van der Waals surface area contributed by atoms with Gasteiger partial charge < -0.3 is 10.7 Å². The monoisotopic (exact) mass is 297 g/mol. The van der Waals surface area contributed by atoms with Crippen molar-refractivity contribution < 1.29 is 13.6 Å². The van der Waals surface area contributed by atoms with Gasteiger partial charge in [0, 0.05) is 11.6 Å². The number of nitrogens with two attached hydrogens (primary N) is 1. The number of anilines is 1. The van der Waals surface area contributed by atoms with Crippen LogP contribution >= 0.6 is 0 Å². The van der Waals surface area contributed by atoms with E-state index in [1.807, 2.05) is 5.43 Å². The molecule has 0 aliphatic heterocycles. The summed E-state index contributed by atoms with van der Waals surface area (Å²) in [5, 5.41) is 2.88. The lowest BCUT2D eigenvalue weighted by Gasteiger charge is -2.34. The molecular weight excluding hydrogens is 276 g/mol. The zero-order valence-corrected chi connectivity index (χ0v) is 12.2. The van der Waals surface area contributed by atoms with E-state index in [0.29, 0.717) is 11.8 Å². The average molecular weight is 297 g/mol. The minimum atomic E-state index is -0.882. The Kier molecular flexibility index (Phi) is 4.77. The van der Waals surface area contributed by atoms with Crippen LogP contribution in [-0.2, 0) is 0 Å². The molecule has 4 N–H and O–H groups in total. The number of hydrogen-bond acceptors (Lipinski definition) is 3. The maximum absolute atomic E-state index is 13.6. The van der Waals surface area contributed by atoms with Crippen molar-refractivity contribution in [3.8, 4) is 0 Å². The summed E-state index contributed by atoms with van der Waals surface area (Å²) < 4.78 is 27.3. The molecule has 0 radical (unpaired) electrons. The number of carbonyl (C=O) groups is 1. The molecule has 0 bridgehead atoms. The topological polar surface area (TPSA) is 67.2 Å². The number of nitrogens with one attached hydrogen (secondary N) is 2. The van der Waals surface area contributed by atoms with E-state index in [1.54, 1.807) is 0 Å². The van der Waals surface area contributed by atoms with Gasteiger partial charge in [-0.3, -0.25) is 10.6 Å². The van der Waals surface area contributed by atoms with Crippen molar-refractivity contribution in [2.24, 2.45) is 17.7 Å². The van der Waals surface area contributed by atoms with Crippen LogP contribution in [0.3, 0.4) is 0 Å². The Hall–Kier alpha value is -1.69. The molecule has 1 amide bonds. The predicted octanol–water partition coefficient (Wildman–Crippen LogP) is 2.80. The number of amides is 1. The van der Waals surface area contributed by atoms with Crippen LogP contribution in [0, 0.1) is 23.5 Å². The lowest BCUT2D eigenvalue weighted by Crippen LogP contribution is -2.43. The third kappa shape index (κ3) is 3.32. The summed E-state index contributed by atoms with van der Waals surface area (Å²) >= 11 is 0. The second-order valence-electron chi connectivity index (χ2n) is 5.81. The van der Waals surface area contributed by atoms with Crippen molar-refractivity contribution in [2.45, 2.75) is 39.2 Å². The maximum Gasteiger partial charge on any atom is 0.251 e. The molecule has 1 aliphatic rings. The van der Waals surface area contributed by atoms with Gasteiger partial charge in [-0.25, -0.2) is 8.78 Å². The summed E-state index contributed by atoms with van der Waals surface area (Å²) in [6.45, 7) is 4.25. The molecule has 4 nitrogen and oxygen atoms in total. The molecule has 1 aromatic carbocycles. The summed E-state index contributed by atoms with van der Waals surface area (Å²) in [5.74, 6) is 3.69. The first kappa shape index (κ1) is 15.7. The van der Waals surface area contributed by atoms with Crippen LogP contribution in [-0.4, -0.2) is 11.9 Å². The molecule has 0 saturated heterocycles. The number of halogens is 2. The van der Waals surface area contributed by atoms with Crippen molar-refractivity contribution >= 4 is 11.6 Å². The fourth-order valence-corrected chi connectivity index (χ4v) is 2.88. The van der Waals surface area contributed by atoms with Gasteiger partial charge in [-0.2, -0.15) is 0 Å². The van der Waals surface area contributed by atoms with Crippen molar-refractivity contribution in [1.82, 2.24) is 5.32 Å². The summed E-state index contributed by atoms with van der Waals surface area (Å²) in [5.41, 5.74) is 1.47. The molecule has 3 unspecified atom stereocenters. The Morgan fingerprint density at radius 1 is 1.24 bits per heavy atom. The van der Waals surface area contributed by atoms with Gasteiger partial charge >= 0.3 is 0 Å². The molecular formula is C15H21F2N3O. The third-order valence-electron chi connectivity index (χ3n) is 4.47. The molecule has 21 heavy (non-hydrogen) atoms. The Morgan fingerprint density at radius 2 is 1.86 bits per heavy atom. The minimum Gasteiger partial charge on any atom is -0.349 e. The van der Waals surface area contributed by atoms with Crippen LogP contribution < -0.4 is 16.6 Å². The lowest BCUT2D eigenvalue weighted by atomic mass is 9.78. The van der Waals surface area contributed by atoms with Gasteiger partial charge in [0.25, 0.3) is 5.91 Å². The SMILES string of the molecule is CC1CCCC(NC(=O)c2cc(F)c(NN)c(F)c2)C1C. The molecule has 1 aromatic rings. The number of benzene rings is 1. The van der Waals surface area contributed by atoms with E-state index in [9.17, 15) is 13.6 Å². The van der Waals surface area contributed by atoms with E-state index >= 15 is 0 Å². The molecule has 3 atom stereocenters. The van der Waals surface area contributed by atoms with Crippen LogP contribution in [0.1, 0.15) is 43.5 Å². The van der Waals surface area contributed by atoms with E-state index in [0.717, 1.165) is 31.4 Å². The smallest absolute Gasteiger partial charge is 0.251 e. The summed E-state index contributed by atoms with van der Waals surface area (Å²) in [7, 11) is 0. The fraction of sp³-hybridized carbons (Fsp3) is 0.533. The quantitative estimate of drug-likeness (QED) is 0.593. The molecule has 0 heterocycles. The van der Waals surface area contributed by atoms with E-state index in [2.05, 4.69) is 19.2 Å². The van der Waals surface area contributed by atoms with E-state index in [4.69, 9.17) is 5.84 Å². The Balaban J connectivity index is 2.13. The first-order chi connectivity index (χ1) is 9.93. The third-order valence-corrected chi connectivity index (χ3v) is 4.47. The molecule has 6 heteroatoms. The first-order valence-corrected chi connectivity index (χ1v) is 7.20. The number of carbonyl (C=O) groups excluding carboxylic acids is 1. The number of rotatable bonds is 3. The van der Waals surface area contributed by atoms with Crippen molar-refractivity contribution in [2.75, 3.05) is 5.43 Å². The first-order valence-electron chi connectivity index (χ1n) is 7.20. The van der Waals surface area contributed by atoms with Crippen molar-refractivity contribution in [3.05, 3.63) is 29.3 Å². The van der Waals surface area contributed by atoms with Crippen LogP contribution in [0.5, 0.6) is 0 Å². The standard InChI is InChI=1S/C15H21F2N3O/c1-8-4-3-5-13(9(8)2)19-15(21)10-6-11(16)14(20-18)12(17)7-10/h6-9,13,20H,3-5,18H2,1-2H3,(H,19,21). The summed E-state index contributed by atoms with van der Waals surface area (Å²) in [6, 6.07) is 2.02. The van der Waals surface area contributed by atoms with Gasteiger partial charge in [0.1, 0.15) is 5.69 Å². The van der Waals surface area contributed by atoms with Crippen molar-refractivity contribution in [3.63, 3.8) is 0 Å². The second kappa shape index (κ2) is 6.39. The largest absolute Gasteiger partial charge is 0.349 e. The summed E-state index contributed by atoms with van der Waals surface area (Å²) in [4.78, 5) is 12.2. The highest BCUT2D eigenvalue weighted by Crippen LogP contribution is 2.29. The van der Waals surface area contributed by atoms with E-state index in [1.165, 1.54) is 0 Å². The predicted molar refractivity (Wildman–Crippen MR) is 77.6 cm³/mol. The minimum absolute atomic E-state index is 0.0329. The van der Waals surface area contributed by atoms with Gasteiger partial charge in [0.05, 0.1) is 0 Å². The molecule has 2 rings (SSSR count). The molecule has 116 valence electrons. The molecule has 0 spiro atoms. The zero-order valence-electron chi connectivity index (χ0n) is 12.2. The number of nitrogen functional groups attached to an aromatic ring is 1. The maximum atomic E-state index is 13.6. The van der Waals surface area contributed by atoms with Gasteiger partial charge in [-0.1, -0.05) is 26.7 Å². The van der Waals surface area contributed by atoms with Crippen LogP contribution in [0.2, 0.25) is 0 Å². The lowest BCUT2D eigenvalue weighted by molar-refractivity contribution is 0.0890. The van der Waals surface area contributed by atoms with Gasteiger partial charge in [-0.15, -0.1) is 0 Å². The zero-order chi connectivity index (χ0) is 15.6. The number of hydrazine groups is 1. The highest BCUT2D eigenvalue weighted by molar-refractivity contribution is 5.94. The van der Waals surface area contributed by atoms with E-state index < -0.39 is 23.2 Å². The Morgan fingerprint density at radius 3 is 2.43 bits per heavy atom. The molecule has 0 aromatic heterocycles. The van der Waals surface area contributed by atoms with Crippen LogP contribution in [0.4, 0.5) is 14.5 Å². The van der Waals surface area contributed by atoms with Gasteiger partial charge in [0.2, 0.25) is 0 Å². The molecule has 1 aliphatic carbocycles. The Labute approximate surface area is 123 Å². The van der Waals surface area contributed by atoms with Crippen molar-refractivity contribution in [1.29, 1.82) is 0 Å². The highest BCUT2D eigenvalue weighted by Gasteiger charge is 2.28. The molecule has 1 saturated carbocycles. The summed E-state index contributed by atoms with van der Waals surface area (Å²) in [6.07, 6.45) is 3.09. The van der Waals surface area contributed by atoms with Gasteiger partial charge in [0.15, 0.2) is 11.6 Å². The van der Waals surface area contributed by atoms with Crippen LogP contribution in [0.25, 0.3) is 0 Å². The van der Waals surface area contributed by atoms with Gasteiger partial charge in [-0.05, 0) is 30.4 Å². The average Bonchev–Trinajstić information content (AvgIpc) is 2.43. The van der Waals surface area contributed by atoms with E-state index in [-0.39, 0.29) is 11.6 Å². The van der Waals surface area contributed by atoms with Crippen LogP contribution in [0.15, 0.2) is 12.1 Å². The molecule has 1 fully saturated rings. The number of hydrogen-bond donors (Lipinski definition) is 3. The fourth-order valence-electron chi connectivity index (χ4n) is 2.88.